The van der Waals surface area contributed by atoms with Crippen LogP contribution in [0.2, 0.25) is 0 Å². The molecule has 0 unspecified atom stereocenters. The number of hydrogen-bond donors (Lipinski definition) is 1. The van der Waals surface area contributed by atoms with Crippen LogP contribution in [-0.4, -0.2) is 26.5 Å². The lowest BCUT2D eigenvalue weighted by Gasteiger charge is -2.13. The highest BCUT2D eigenvalue weighted by atomic mass is 16.2. The quantitative estimate of drug-likeness (QED) is 0.820. The van der Waals surface area contributed by atoms with E-state index in [0.717, 1.165) is 42.2 Å². The maximum absolute atomic E-state index is 12.3. The van der Waals surface area contributed by atoms with Crippen LogP contribution in [0.1, 0.15) is 65.4 Å². The highest BCUT2D eigenvalue weighted by molar-refractivity contribution is 5.98. The third-order valence-corrected chi connectivity index (χ3v) is 4.81. The third-order valence-electron chi connectivity index (χ3n) is 4.81. The van der Waals surface area contributed by atoms with E-state index in [-0.39, 0.29) is 30.6 Å². The van der Waals surface area contributed by atoms with Crippen LogP contribution in [0, 0.1) is 13.8 Å². The summed E-state index contributed by atoms with van der Waals surface area (Å²) in [5, 5.41) is 11.3. The third kappa shape index (κ3) is 3.78. The zero-order valence-corrected chi connectivity index (χ0v) is 15.0. The molecule has 1 N–H and O–H groups in total. The second-order valence-electron chi connectivity index (χ2n) is 6.74. The number of aryl methyl sites for hydroxylation is 3. The molecule has 6 nitrogen and oxygen atoms in total. The fourth-order valence-electron chi connectivity index (χ4n) is 3.16. The smallest absolute Gasteiger partial charge is 0.221 e. The molecule has 0 spiro atoms. The van der Waals surface area contributed by atoms with Gasteiger partial charge in [-0.05, 0) is 44.4 Å². The first-order valence-electron chi connectivity index (χ1n) is 8.77. The van der Waals surface area contributed by atoms with Gasteiger partial charge in [-0.1, -0.05) is 12.1 Å². The Kier molecular flexibility index (Phi) is 4.97. The van der Waals surface area contributed by atoms with Crippen LogP contribution in [0.15, 0.2) is 18.2 Å². The summed E-state index contributed by atoms with van der Waals surface area (Å²) in [7, 11) is 0. The molecule has 25 heavy (non-hydrogen) atoms. The lowest BCUT2D eigenvalue weighted by Crippen LogP contribution is -2.29. The zero-order valence-electron chi connectivity index (χ0n) is 15.0. The molecule has 0 bridgehead atoms. The van der Waals surface area contributed by atoms with Crippen LogP contribution in [0.25, 0.3) is 0 Å². The van der Waals surface area contributed by atoms with Crippen LogP contribution in [0.5, 0.6) is 0 Å². The van der Waals surface area contributed by atoms with Crippen molar-refractivity contribution in [3.63, 3.8) is 0 Å². The van der Waals surface area contributed by atoms with Crippen molar-refractivity contribution in [2.24, 2.45) is 0 Å². The number of nitrogens with one attached hydrogen (secondary N) is 1. The number of aromatic nitrogens is 3. The summed E-state index contributed by atoms with van der Waals surface area (Å²) in [6.07, 6.45) is 2.40. The molecule has 1 aromatic heterocycles. The fraction of sp³-hybridized carbons (Fsp3) is 0.474. The maximum atomic E-state index is 12.3. The topological polar surface area (TPSA) is 76.9 Å². The Morgan fingerprint density at radius 1 is 1.20 bits per heavy atom. The van der Waals surface area contributed by atoms with Gasteiger partial charge in [0.15, 0.2) is 11.6 Å². The molecule has 1 aromatic carbocycles. The Hall–Kier alpha value is -2.50. The van der Waals surface area contributed by atoms with Crippen molar-refractivity contribution < 1.29 is 9.59 Å². The van der Waals surface area contributed by atoms with E-state index in [0.29, 0.717) is 5.56 Å². The molecule has 0 radical (unpaired) electrons. The number of hydrogen-bond acceptors (Lipinski definition) is 4. The van der Waals surface area contributed by atoms with Gasteiger partial charge in [0.2, 0.25) is 5.91 Å². The Morgan fingerprint density at radius 2 is 2.00 bits per heavy atom. The Labute approximate surface area is 147 Å². The van der Waals surface area contributed by atoms with Crippen molar-refractivity contribution in [3.8, 4) is 0 Å². The molecular weight excluding hydrogens is 316 g/mol. The highest BCUT2D eigenvalue weighted by Crippen LogP contribution is 2.19. The first-order valence-corrected chi connectivity index (χ1v) is 8.77. The van der Waals surface area contributed by atoms with Gasteiger partial charge in [0.1, 0.15) is 5.82 Å². The predicted molar refractivity (Wildman–Crippen MR) is 94.4 cm³/mol. The standard InChI is InChI=1S/C19H24N4O2/c1-12-6-7-15(11-13(12)2)16(24)8-9-18(25)20-14(3)19-22-21-17-5-4-10-23(17)19/h6-7,11,14H,4-5,8-10H2,1-3H3,(H,20,25)/t14-/m0/s1. The van der Waals surface area contributed by atoms with Crippen LogP contribution in [0.3, 0.4) is 0 Å². The van der Waals surface area contributed by atoms with Crippen molar-refractivity contribution in [2.75, 3.05) is 0 Å². The summed E-state index contributed by atoms with van der Waals surface area (Å²) in [5.41, 5.74) is 2.91. The molecule has 1 atom stereocenters. The summed E-state index contributed by atoms with van der Waals surface area (Å²) in [4.78, 5) is 24.5. The highest BCUT2D eigenvalue weighted by Gasteiger charge is 2.22. The van der Waals surface area contributed by atoms with Gasteiger partial charge in [-0.25, -0.2) is 0 Å². The molecule has 0 saturated heterocycles. The minimum atomic E-state index is -0.205. The molecule has 0 aliphatic carbocycles. The Morgan fingerprint density at radius 3 is 2.76 bits per heavy atom. The predicted octanol–water partition coefficient (Wildman–Crippen LogP) is 2.68. The van der Waals surface area contributed by atoms with Crippen LogP contribution in [-0.2, 0) is 17.8 Å². The van der Waals surface area contributed by atoms with Gasteiger partial charge in [0.05, 0.1) is 6.04 Å². The lowest BCUT2D eigenvalue weighted by atomic mass is 10.0. The van der Waals surface area contributed by atoms with E-state index < -0.39 is 0 Å². The minimum Gasteiger partial charge on any atom is -0.346 e. The van der Waals surface area contributed by atoms with Crippen molar-refractivity contribution in [2.45, 2.75) is 59.0 Å². The molecule has 1 aliphatic heterocycles. The lowest BCUT2D eigenvalue weighted by molar-refractivity contribution is -0.121. The van der Waals surface area contributed by atoms with Crippen LogP contribution >= 0.6 is 0 Å². The molecule has 6 heteroatoms. The van der Waals surface area contributed by atoms with Crippen molar-refractivity contribution in [3.05, 3.63) is 46.5 Å². The average Bonchev–Trinajstić information content (AvgIpc) is 3.18. The van der Waals surface area contributed by atoms with Crippen molar-refractivity contribution in [1.29, 1.82) is 0 Å². The van der Waals surface area contributed by atoms with E-state index in [1.165, 1.54) is 0 Å². The van der Waals surface area contributed by atoms with Gasteiger partial charge >= 0.3 is 0 Å². The number of nitrogens with zero attached hydrogens (tertiary/aromatic N) is 3. The second-order valence-corrected chi connectivity index (χ2v) is 6.74. The molecular formula is C19H24N4O2. The summed E-state index contributed by atoms with van der Waals surface area (Å²) in [6, 6.07) is 5.45. The van der Waals surface area contributed by atoms with Crippen LogP contribution in [0.4, 0.5) is 0 Å². The van der Waals surface area contributed by atoms with Gasteiger partial charge in [0.25, 0.3) is 0 Å². The largest absolute Gasteiger partial charge is 0.346 e. The summed E-state index contributed by atoms with van der Waals surface area (Å²) in [5.74, 6) is 1.64. The molecule has 2 aromatic rings. The summed E-state index contributed by atoms with van der Waals surface area (Å²) >= 11 is 0. The number of rotatable bonds is 6. The zero-order chi connectivity index (χ0) is 18.0. The molecule has 1 amide bonds. The Bertz CT molecular complexity index is 810. The van der Waals surface area contributed by atoms with Gasteiger partial charge in [-0.15, -0.1) is 10.2 Å². The molecule has 2 heterocycles. The fourth-order valence-corrected chi connectivity index (χ4v) is 3.16. The van der Waals surface area contributed by atoms with E-state index in [1.54, 1.807) is 0 Å². The minimum absolute atomic E-state index is 0.00530. The normalized spacial score (nSPS) is 14.2. The van der Waals surface area contributed by atoms with E-state index in [9.17, 15) is 9.59 Å². The van der Waals surface area contributed by atoms with Gasteiger partial charge in [-0.2, -0.15) is 0 Å². The van der Waals surface area contributed by atoms with Gasteiger partial charge in [-0.3, -0.25) is 9.59 Å². The number of benzene rings is 1. The first kappa shape index (κ1) is 17.3. The molecule has 1 aliphatic rings. The van der Waals surface area contributed by atoms with E-state index >= 15 is 0 Å². The first-order chi connectivity index (χ1) is 12.0. The van der Waals surface area contributed by atoms with Gasteiger partial charge in [0, 0.05) is 31.4 Å². The Balaban J connectivity index is 1.53. The van der Waals surface area contributed by atoms with E-state index in [4.69, 9.17) is 0 Å². The monoisotopic (exact) mass is 340 g/mol. The number of amides is 1. The van der Waals surface area contributed by atoms with Crippen molar-refractivity contribution in [1.82, 2.24) is 20.1 Å². The molecule has 0 saturated carbocycles. The van der Waals surface area contributed by atoms with Crippen molar-refractivity contribution >= 4 is 11.7 Å². The average molecular weight is 340 g/mol. The number of Topliss-reactive ketones (excluding diaryl/α,β-unsaturated/α-hetero) is 1. The molecule has 3 rings (SSSR count). The summed E-state index contributed by atoms with van der Waals surface area (Å²) < 4.78 is 2.07. The maximum Gasteiger partial charge on any atom is 0.221 e. The second kappa shape index (κ2) is 7.17. The van der Waals surface area contributed by atoms with Crippen LogP contribution < -0.4 is 5.32 Å². The van der Waals surface area contributed by atoms with E-state index in [1.807, 2.05) is 39.0 Å². The molecule has 0 fully saturated rings. The number of carbonyl (C=O) groups is 2. The number of carbonyl (C=O) groups excluding carboxylic acids is 2. The van der Waals surface area contributed by atoms with Gasteiger partial charge < -0.3 is 9.88 Å². The SMILES string of the molecule is Cc1ccc(C(=O)CCC(=O)N[C@@H](C)c2nnc3n2CCC3)cc1C. The van der Waals surface area contributed by atoms with E-state index in [2.05, 4.69) is 20.1 Å². The number of fused-ring (bicyclic) bond motifs is 1. The summed E-state index contributed by atoms with van der Waals surface area (Å²) in [6.45, 7) is 6.80. The number of ketones is 1. The molecule has 132 valence electrons.